The summed E-state index contributed by atoms with van der Waals surface area (Å²) in [6.45, 7) is 1.70. The summed E-state index contributed by atoms with van der Waals surface area (Å²) in [5.74, 6) is 0.369. The van der Waals surface area contributed by atoms with E-state index in [0.717, 1.165) is 18.4 Å². The molecule has 2 fully saturated rings. The Morgan fingerprint density at radius 1 is 1.47 bits per heavy atom. The van der Waals surface area contributed by atoms with Crippen molar-refractivity contribution in [3.8, 4) is 0 Å². The van der Waals surface area contributed by atoms with Crippen LogP contribution in [0, 0.1) is 17.2 Å². The Bertz CT molecular complexity index is 507. The third-order valence-corrected chi connectivity index (χ3v) is 4.41. The van der Waals surface area contributed by atoms with Crippen LogP contribution < -0.4 is 5.32 Å². The largest absolute Gasteiger partial charge is 0.394 e. The van der Waals surface area contributed by atoms with E-state index in [1.165, 1.54) is 12.1 Å². The molecule has 2 aliphatic carbocycles. The number of halogens is 1. The van der Waals surface area contributed by atoms with Crippen molar-refractivity contribution < 1.29 is 14.3 Å². The van der Waals surface area contributed by atoms with Gasteiger partial charge in [0.15, 0.2) is 0 Å². The smallest absolute Gasteiger partial charge is 0.227 e. The van der Waals surface area contributed by atoms with Gasteiger partial charge in [-0.15, -0.1) is 0 Å². The normalized spacial score (nSPS) is 30.2. The van der Waals surface area contributed by atoms with Crippen LogP contribution in [0.25, 0.3) is 0 Å². The quantitative estimate of drug-likeness (QED) is 0.848. The summed E-state index contributed by atoms with van der Waals surface area (Å²) < 4.78 is 12.9. The van der Waals surface area contributed by atoms with Gasteiger partial charge in [0.2, 0.25) is 5.91 Å². The Labute approximate surface area is 111 Å². The van der Waals surface area contributed by atoms with Gasteiger partial charge in [0, 0.05) is 0 Å². The fraction of sp³-hybridized carbons (Fsp3) is 0.533. The first-order valence-electron chi connectivity index (χ1n) is 6.65. The second-order valence-electron chi connectivity index (χ2n) is 6.24. The Hall–Kier alpha value is -1.42. The van der Waals surface area contributed by atoms with Crippen molar-refractivity contribution >= 4 is 5.91 Å². The highest BCUT2D eigenvalue weighted by Gasteiger charge is 2.74. The van der Waals surface area contributed by atoms with Crippen molar-refractivity contribution in [2.24, 2.45) is 11.3 Å². The van der Waals surface area contributed by atoms with Crippen LogP contribution in [0.1, 0.15) is 25.3 Å². The Morgan fingerprint density at radius 2 is 2.05 bits per heavy atom. The summed E-state index contributed by atoms with van der Waals surface area (Å²) in [6.07, 6.45) is 2.49. The van der Waals surface area contributed by atoms with Gasteiger partial charge in [-0.25, -0.2) is 4.39 Å². The predicted molar refractivity (Wildman–Crippen MR) is 68.9 cm³/mol. The van der Waals surface area contributed by atoms with Crippen molar-refractivity contribution in [1.82, 2.24) is 5.32 Å². The standard InChI is InChI=1S/C15H18FNO2/c1-14(9-18,6-10-2-4-12(16)5-3-10)17-13(19)15-7-11(15)8-15/h2-5,11,18H,6-9H2,1H3,(H,17,19). The summed E-state index contributed by atoms with van der Waals surface area (Å²) >= 11 is 0. The SMILES string of the molecule is CC(CO)(Cc1ccc(F)cc1)NC(=O)C12CC1C2. The van der Waals surface area contributed by atoms with E-state index < -0.39 is 5.54 Å². The summed E-state index contributed by atoms with van der Waals surface area (Å²) in [6, 6.07) is 6.16. The molecule has 2 aliphatic rings. The molecule has 2 saturated carbocycles. The molecule has 1 unspecified atom stereocenters. The van der Waals surface area contributed by atoms with Gasteiger partial charge in [-0.05, 0) is 49.8 Å². The molecule has 1 aromatic carbocycles. The topological polar surface area (TPSA) is 49.3 Å². The van der Waals surface area contributed by atoms with E-state index in [9.17, 15) is 14.3 Å². The maximum atomic E-state index is 12.9. The minimum absolute atomic E-state index is 0.0659. The fourth-order valence-electron chi connectivity index (χ4n) is 2.66. The van der Waals surface area contributed by atoms with E-state index in [1.807, 2.05) is 6.92 Å². The minimum Gasteiger partial charge on any atom is -0.394 e. The van der Waals surface area contributed by atoms with Gasteiger partial charge in [0.25, 0.3) is 0 Å². The lowest BCUT2D eigenvalue weighted by Gasteiger charge is -2.29. The van der Waals surface area contributed by atoms with E-state index in [0.29, 0.717) is 12.3 Å². The molecule has 0 radical (unpaired) electrons. The van der Waals surface area contributed by atoms with Crippen LogP contribution in [-0.2, 0) is 11.2 Å². The van der Waals surface area contributed by atoms with Crippen LogP contribution in [0.3, 0.4) is 0 Å². The zero-order valence-electron chi connectivity index (χ0n) is 10.9. The predicted octanol–water partition coefficient (Wildman–Crippen LogP) is 1.65. The fourth-order valence-corrected chi connectivity index (χ4v) is 2.66. The van der Waals surface area contributed by atoms with Gasteiger partial charge in [0.05, 0.1) is 17.6 Å². The maximum Gasteiger partial charge on any atom is 0.227 e. The number of hydrogen-bond acceptors (Lipinski definition) is 2. The van der Waals surface area contributed by atoms with Gasteiger partial charge in [0.1, 0.15) is 5.82 Å². The number of aliphatic hydroxyl groups excluding tert-OH is 1. The summed E-state index contributed by atoms with van der Waals surface area (Å²) in [5, 5.41) is 12.5. The molecule has 3 rings (SSSR count). The van der Waals surface area contributed by atoms with Crippen LogP contribution in [0.15, 0.2) is 24.3 Å². The molecule has 4 heteroatoms. The van der Waals surface area contributed by atoms with E-state index >= 15 is 0 Å². The van der Waals surface area contributed by atoms with Gasteiger partial charge < -0.3 is 10.4 Å². The first-order chi connectivity index (χ1) is 8.97. The van der Waals surface area contributed by atoms with Gasteiger partial charge in [-0.1, -0.05) is 12.1 Å². The molecule has 0 aliphatic heterocycles. The van der Waals surface area contributed by atoms with Gasteiger partial charge in [-0.3, -0.25) is 4.79 Å². The van der Waals surface area contributed by atoms with Crippen molar-refractivity contribution in [3.05, 3.63) is 35.6 Å². The number of hydrogen-bond donors (Lipinski definition) is 2. The molecule has 0 saturated heterocycles. The van der Waals surface area contributed by atoms with Crippen LogP contribution in [0.4, 0.5) is 4.39 Å². The van der Waals surface area contributed by atoms with Crippen molar-refractivity contribution in [2.45, 2.75) is 31.7 Å². The van der Waals surface area contributed by atoms with Crippen molar-refractivity contribution in [1.29, 1.82) is 0 Å². The average molecular weight is 263 g/mol. The molecule has 1 atom stereocenters. The number of carbonyl (C=O) groups excluding carboxylic acids is 1. The molecule has 102 valence electrons. The lowest BCUT2D eigenvalue weighted by molar-refractivity contribution is -0.126. The van der Waals surface area contributed by atoms with Gasteiger partial charge >= 0.3 is 0 Å². The zero-order valence-corrected chi connectivity index (χ0v) is 10.9. The Morgan fingerprint density at radius 3 is 2.53 bits per heavy atom. The molecular formula is C15H18FNO2. The molecule has 1 amide bonds. The highest BCUT2D eigenvalue weighted by atomic mass is 19.1. The number of carbonyl (C=O) groups is 1. The van der Waals surface area contributed by atoms with Crippen LogP contribution in [0.5, 0.6) is 0 Å². The van der Waals surface area contributed by atoms with E-state index in [4.69, 9.17) is 0 Å². The molecule has 1 aromatic rings. The number of rotatable bonds is 5. The molecule has 0 heterocycles. The Kier molecular flexibility index (Phi) is 2.68. The first-order valence-corrected chi connectivity index (χ1v) is 6.65. The third kappa shape index (κ3) is 2.25. The first kappa shape index (κ1) is 12.6. The molecule has 19 heavy (non-hydrogen) atoms. The van der Waals surface area contributed by atoms with Gasteiger partial charge in [-0.2, -0.15) is 0 Å². The molecule has 0 aromatic heterocycles. The number of nitrogens with one attached hydrogen (secondary N) is 1. The van der Waals surface area contributed by atoms with Crippen LogP contribution in [0.2, 0.25) is 0 Å². The summed E-state index contributed by atoms with van der Waals surface area (Å²) in [7, 11) is 0. The maximum absolute atomic E-state index is 12.9. The van der Waals surface area contributed by atoms with E-state index in [2.05, 4.69) is 5.32 Å². The van der Waals surface area contributed by atoms with E-state index in [-0.39, 0.29) is 23.7 Å². The second-order valence-corrected chi connectivity index (χ2v) is 6.24. The molecule has 0 bridgehead atoms. The Balaban J connectivity index is 1.67. The summed E-state index contributed by atoms with van der Waals surface area (Å²) in [5.41, 5.74) is 0.123. The highest BCUT2D eigenvalue weighted by Crippen LogP contribution is 2.75. The monoisotopic (exact) mass is 263 g/mol. The van der Waals surface area contributed by atoms with Crippen molar-refractivity contribution in [2.75, 3.05) is 6.61 Å². The van der Waals surface area contributed by atoms with Crippen LogP contribution >= 0.6 is 0 Å². The number of benzene rings is 1. The minimum atomic E-state index is -0.681. The lowest BCUT2D eigenvalue weighted by Crippen LogP contribution is -2.52. The molecule has 2 N–H and O–H groups in total. The third-order valence-electron chi connectivity index (χ3n) is 4.41. The number of aliphatic hydroxyl groups is 1. The molecule has 3 nitrogen and oxygen atoms in total. The second kappa shape index (κ2) is 4.04. The zero-order chi connectivity index (χ0) is 13.7. The van der Waals surface area contributed by atoms with E-state index in [1.54, 1.807) is 12.1 Å². The lowest BCUT2D eigenvalue weighted by atomic mass is 9.93. The van der Waals surface area contributed by atoms with Crippen molar-refractivity contribution in [3.63, 3.8) is 0 Å². The highest BCUT2D eigenvalue weighted by molar-refractivity contribution is 5.90. The number of fused-ring (bicyclic) bond motifs is 1. The van der Waals surface area contributed by atoms with Crippen LogP contribution in [-0.4, -0.2) is 23.2 Å². The number of amides is 1. The average Bonchev–Trinajstić information content (AvgIpc) is 3.21. The molecule has 0 spiro atoms. The molecular weight excluding hydrogens is 245 g/mol. The summed E-state index contributed by atoms with van der Waals surface area (Å²) in [4.78, 5) is 12.1.